The van der Waals surface area contributed by atoms with Crippen molar-refractivity contribution in [2.45, 2.75) is 13.8 Å². The number of hydrogen-bond acceptors (Lipinski definition) is 3. The molecule has 1 aromatic rings. The normalized spacial score (nSPS) is 15.8. The Labute approximate surface area is 115 Å². The van der Waals surface area contributed by atoms with Crippen LogP contribution < -0.4 is 10.2 Å². The van der Waals surface area contributed by atoms with Crippen LogP contribution in [0.3, 0.4) is 0 Å². The maximum atomic E-state index is 11.9. The van der Waals surface area contributed by atoms with E-state index in [1.807, 2.05) is 25.8 Å². The fraction of sp³-hybridized carbons (Fsp3) is 0.533. The lowest BCUT2D eigenvalue weighted by Gasteiger charge is -2.37. The SMILES string of the molecule is CNc1ccc(N2CCN(C(=O)C(C)C)CC2)cc1. The van der Waals surface area contributed by atoms with Gasteiger partial charge >= 0.3 is 0 Å². The molecule has 0 bridgehead atoms. The van der Waals surface area contributed by atoms with Crippen LogP contribution in [0.4, 0.5) is 11.4 Å². The van der Waals surface area contributed by atoms with Crippen LogP contribution >= 0.6 is 0 Å². The summed E-state index contributed by atoms with van der Waals surface area (Å²) in [6.45, 7) is 7.40. The highest BCUT2D eigenvalue weighted by molar-refractivity contribution is 5.78. The molecule has 0 aliphatic carbocycles. The number of amides is 1. The van der Waals surface area contributed by atoms with E-state index in [2.05, 4.69) is 34.5 Å². The number of nitrogens with one attached hydrogen (secondary N) is 1. The molecule has 0 aromatic heterocycles. The van der Waals surface area contributed by atoms with Gasteiger partial charge in [-0.3, -0.25) is 4.79 Å². The van der Waals surface area contributed by atoms with Crippen molar-refractivity contribution < 1.29 is 4.79 Å². The summed E-state index contributed by atoms with van der Waals surface area (Å²) in [6, 6.07) is 8.43. The van der Waals surface area contributed by atoms with Crippen molar-refractivity contribution in [1.29, 1.82) is 0 Å². The fourth-order valence-electron chi connectivity index (χ4n) is 2.39. The van der Waals surface area contributed by atoms with Crippen molar-refractivity contribution in [1.82, 2.24) is 4.90 Å². The summed E-state index contributed by atoms with van der Waals surface area (Å²) in [4.78, 5) is 16.2. The van der Waals surface area contributed by atoms with Crippen molar-refractivity contribution in [3.8, 4) is 0 Å². The molecule has 1 saturated heterocycles. The molecule has 1 aliphatic rings. The molecule has 2 rings (SSSR count). The van der Waals surface area contributed by atoms with Crippen LogP contribution in [0.5, 0.6) is 0 Å². The Hall–Kier alpha value is -1.71. The van der Waals surface area contributed by atoms with E-state index in [0.29, 0.717) is 0 Å². The van der Waals surface area contributed by atoms with Crippen LogP contribution in [0.15, 0.2) is 24.3 Å². The lowest BCUT2D eigenvalue weighted by atomic mass is 10.1. The Morgan fingerprint density at radius 1 is 1.11 bits per heavy atom. The topological polar surface area (TPSA) is 35.6 Å². The summed E-state index contributed by atoms with van der Waals surface area (Å²) in [5.74, 6) is 0.367. The zero-order chi connectivity index (χ0) is 13.8. The van der Waals surface area contributed by atoms with Crippen LogP contribution in [0.25, 0.3) is 0 Å². The van der Waals surface area contributed by atoms with Crippen molar-refractivity contribution in [3.63, 3.8) is 0 Å². The van der Waals surface area contributed by atoms with Gasteiger partial charge in [0.1, 0.15) is 0 Å². The minimum atomic E-state index is 0.0986. The smallest absolute Gasteiger partial charge is 0.225 e. The van der Waals surface area contributed by atoms with Gasteiger partial charge in [0.25, 0.3) is 0 Å². The summed E-state index contributed by atoms with van der Waals surface area (Å²) < 4.78 is 0. The van der Waals surface area contributed by atoms with Gasteiger partial charge in [-0.2, -0.15) is 0 Å². The predicted octanol–water partition coefficient (Wildman–Crippen LogP) is 2.03. The quantitative estimate of drug-likeness (QED) is 0.904. The van der Waals surface area contributed by atoms with E-state index in [1.54, 1.807) is 0 Å². The summed E-state index contributed by atoms with van der Waals surface area (Å²) in [6.07, 6.45) is 0. The number of piperazine rings is 1. The number of hydrogen-bond donors (Lipinski definition) is 1. The van der Waals surface area contributed by atoms with E-state index >= 15 is 0 Å². The highest BCUT2D eigenvalue weighted by Crippen LogP contribution is 2.19. The summed E-state index contributed by atoms with van der Waals surface area (Å²) in [5, 5.41) is 3.12. The molecule has 1 heterocycles. The summed E-state index contributed by atoms with van der Waals surface area (Å²) in [5.41, 5.74) is 2.35. The molecular weight excluding hydrogens is 238 g/mol. The first-order chi connectivity index (χ1) is 9.11. The Morgan fingerprint density at radius 2 is 1.68 bits per heavy atom. The summed E-state index contributed by atoms with van der Waals surface area (Å²) >= 11 is 0. The van der Waals surface area contributed by atoms with Gasteiger partial charge in [-0.1, -0.05) is 13.8 Å². The molecule has 1 aliphatic heterocycles. The van der Waals surface area contributed by atoms with E-state index < -0.39 is 0 Å². The number of carbonyl (C=O) groups is 1. The maximum absolute atomic E-state index is 11.9. The molecule has 4 nitrogen and oxygen atoms in total. The van der Waals surface area contributed by atoms with Gasteiger partial charge in [-0.25, -0.2) is 0 Å². The third-order valence-electron chi connectivity index (χ3n) is 3.61. The van der Waals surface area contributed by atoms with Crippen molar-refractivity contribution in [3.05, 3.63) is 24.3 Å². The monoisotopic (exact) mass is 261 g/mol. The molecular formula is C15H23N3O. The molecule has 1 amide bonds. The lowest BCUT2D eigenvalue weighted by Crippen LogP contribution is -2.49. The fourth-order valence-corrected chi connectivity index (χ4v) is 2.39. The molecule has 0 unspecified atom stereocenters. The van der Waals surface area contributed by atoms with Crippen LogP contribution in [0, 0.1) is 5.92 Å². The Kier molecular flexibility index (Phi) is 4.30. The standard InChI is InChI=1S/C15H23N3O/c1-12(2)15(19)18-10-8-17(9-11-18)14-6-4-13(16-3)5-7-14/h4-7,12,16H,8-11H2,1-3H3. The average Bonchev–Trinajstić information content (AvgIpc) is 2.46. The summed E-state index contributed by atoms with van der Waals surface area (Å²) in [7, 11) is 1.92. The number of carbonyl (C=O) groups excluding carboxylic acids is 1. The highest BCUT2D eigenvalue weighted by atomic mass is 16.2. The molecule has 4 heteroatoms. The molecule has 19 heavy (non-hydrogen) atoms. The zero-order valence-electron chi connectivity index (χ0n) is 12.0. The van der Waals surface area contributed by atoms with Crippen LogP contribution in [-0.2, 0) is 4.79 Å². The second-order valence-electron chi connectivity index (χ2n) is 5.26. The number of nitrogens with zero attached hydrogens (tertiary/aromatic N) is 2. The van der Waals surface area contributed by atoms with Crippen LogP contribution in [-0.4, -0.2) is 44.0 Å². The first kappa shape index (κ1) is 13.7. The van der Waals surface area contributed by atoms with Gasteiger partial charge in [0.15, 0.2) is 0 Å². The van der Waals surface area contributed by atoms with E-state index in [-0.39, 0.29) is 11.8 Å². The Morgan fingerprint density at radius 3 is 2.16 bits per heavy atom. The Balaban J connectivity index is 1.94. The molecule has 0 spiro atoms. The highest BCUT2D eigenvalue weighted by Gasteiger charge is 2.22. The average molecular weight is 261 g/mol. The van der Waals surface area contributed by atoms with E-state index in [4.69, 9.17) is 0 Å². The second-order valence-corrected chi connectivity index (χ2v) is 5.26. The number of anilines is 2. The Bertz CT molecular complexity index is 420. The molecule has 0 atom stereocenters. The molecule has 1 N–H and O–H groups in total. The largest absolute Gasteiger partial charge is 0.388 e. The van der Waals surface area contributed by atoms with Gasteiger partial charge in [0, 0.05) is 50.5 Å². The van der Waals surface area contributed by atoms with Crippen LogP contribution in [0.2, 0.25) is 0 Å². The predicted molar refractivity (Wildman–Crippen MR) is 79.6 cm³/mol. The minimum absolute atomic E-state index is 0.0986. The molecule has 1 aromatic carbocycles. The molecule has 104 valence electrons. The number of benzene rings is 1. The molecule has 0 radical (unpaired) electrons. The lowest BCUT2D eigenvalue weighted by molar-refractivity contribution is -0.134. The van der Waals surface area contributed by atoms with Gasteiger partial charge in [0.05, 0.1) is 0 Å². The maximum Gasteiger partial charge on any atom is 0.225 e. The minimum Gasteiger partial charge on any atom is -0.388 e. The van der Waals surface area contributed by atoms with E-state index in [9.17, 15) is 4.79 Å². The van der Waals surface area contributed by atoms with Crippen molar-refractivity contribution in [2.75, 3.05) is 43.4 Å². The third-order valence-corrected chi connectivity index (χ3v) is 3.61. The van der Waals surface area contributed by atoms with Crippen molar-refractivity contribution >= 4 is 17.3 Å². The zero-order valence-corrected chi connectivity index (χ0v) is 12.0. The van der Waals surface area contributed by atoms with E-state index in [1.165, 1.54) is 5.69 Å². The number of rotatable bonds is 3. The van der Waals surface area contributed by atoms with Gasteiger partial charge in [0.2, 0.25) is 5.91 Å². The van der Waals surface area contributed by atoms with Crippen molar-refractivity contribution in [2.24, 2.45) is 5.92 Å². The van der Waals surface area contributed by atoms with Gasteiger partial charge < -0.3 is 15.1 Å². The second kappa shape index (κ2) is 5.95. The molecule has 1 fully saturated rings. The first-order valence-electron chi connectivity index (χ1n) is 6.93. The van der Waals surface area contributed by atoms with Crippen LogP contribution in [0.1, 0.15) is 13.8 Å². The van der Waals surface area contributed by atoms with E-state index in [0.717, 1.165) is 31.9 Å². The van der Waals surface area contributed by atoms with Gasteiger partial charge in [-0.15, -0.1) is 0 Å². The molecule has 0 saturated carbocycles. The first-order valence-corrected chi connectivity index (χ1v) is 6.93. The van der Waals surface area contributed by atoms with Gasteiger partial charge in [-0.05, 0) is 24.3 Å². The third kappa shape index (κ3) is 3.19.